The molecule has 1 heterocycles. The fraction of sp³-hybridized carbons (Fsp3) is 0.294. The molecule has 2 atom stereocenters. The van der Waals surface area contributed by atoms with Crippen molar-refractivity contribution in [2.24, 2.45) is 5.73 Å². The van der Waals surface area contributed by atoms with E-state index in [1.807, 2.05) is 18.2 Å². The van der Waals surface area contributed by atoms with Gasteiger partial charge in [0.05, 0.1) is 7.11 Å². The molecule has 4 heteroatoms. The molecule has 1 unspecified atom stereocenters. The van der Waals surface area contributed by atoms with Crippen LogP contribution in [0.4, 0.5) is 0 Å². The third kappa shape index (κ3) is 2.87. The molecule has 0 saturated carbocycles. The summed E-state index contributed by atoms with van der Waals surface area (Å²) in [6, 6.07) is 14.3. The molecule has 110 valence electrons. The number of thioether (sulfide) groups is 1. The Kier molecular flexibility index (Phi) is 4.08. The number of nitrogens with two attached hydrogens (primary N) is 1. The van der Waals surface area contributed by atoms with Crippen LogP contribution in [0.15, 0.2) is 47.4 Å². The van der Waals surface area contributed by atoms with E-state index in [0.717, 1.165) is 29.0 Å². The Balaban J connectivity index is 1.89. The lowest BCUT2D eigenvalue weighted by Gasteiger charge is -2.31. The smallest absolute Gasteiger partial charge is 0.128 e. The van der Waals surface area contributed by atoms with Crippen molar-refractivity contribution in [1.29, 1.82) is 0 Å². The van der Waals surface area contributed by atoms with Crippen LogP contribution in [0.1, 0.15) is 29.7 Å². The summed E-state index contributed by atoms with van der Waals surface area (Å²) in [5.74, 6) is 1.62. The molecular formula is C17H19NO2S. The minimum Gasteiger partial charge on any atom is -0.497 e. The quantitative estimate of drug-likeness (QED) is 0.872. The molecule has 0 aromatic heterocycles. The van der Waals surface area contributed by atoms with Gasteiger partial charge in [0.2, 0.25) is 0 Å². The SMILES string of the molecule is COc1ccc2c(c1)OC(c1ccc(SC)cc1)C[C@@H]2N. The molecular weight excluding hydrogens is 282 g/mol. The Morgan fingerprint density at radius 3 is 2.62 bits per heavy atom. The van der Waals surface area contributed by atoms with E-state index in [2.05, 4.69) is 30.5 Å². The second kappa shape index (κ2) is 6.00. The van der Waals surface area contributed by atoms with E-state index in [-0.39, 0.29) is 12.1 Å². The zero-order valence-corrected chi connectivity index (χ0v) is 13.0. The number of methoxy groups -OCH3 is 1. The van der Waals surface area contributed by atoms with Gasteiger partial charge in [-0.2, -0.15) is 0 Å². The monoisotopic (exact) mass is 301 g/mol. The van der Waals surface area contributed by atoms with Crippen molar-refractivity contribution in [2.45, 2.75) is 23.5 Å². The van der Waals surface area contributed by atoms with Crippen molar-refractivity contribution in [3.05, 3.63) is 53.6 Å². The molecule has 0 radical (unpaired) electrons. The fourth-order valence-corrected chi connectivity index (χ4v) is 3.04. The van der Waals surface area contributed by atoms with Gasteiger partial charge in [-0.05, 0) is 30.0 Å². The first kappa shape index (κ1) is 14.3. The van der Waals surface area contributed by atoms with Gasteiger partial charge in [0, 0.05) is 29.0 Å². The number of rotatable bonds is 3. The van der Waals surface area contributed by atoms with Crippen LogP contribution in [-0.2, 0) is 0 Å². The van der Waals surface area contributed by atoms with E-state index in [9.17, 15) is 0 Å². The normalized spacial score (nSPS) is 20.5. The first-order valence-corrected chi connectivity index (χ1v) is 8.18. The number of hydrogen-bond acceptors (Lipinski definition) is 4. The van der Waals surface area contributed by atoms with Gasteiger partial charge in [0.25, 0.3) is 0 Å². The average Bonchev–Trinajstić information content (AvgIpc) is 2.54. The van der Waals surface area contributed by atoms with Crippen molar-refractivity contribution < 1.29 is 9.47 Å². The third-order valence-electron chi connectivity index (χ3n) is 3.85. The lowest BCUT2D eigenvalue weighted by Crippen LogP contribution is -2.24. The summed E-state index contributed by atoms with van der Waals surface area (Å²) in [5.41, 5.74) is 8.51. The molecule has 0 fully saturated rings. The first-order valence-electron chi connectivity index (χ1n) is 6.95. The molecule has 2 N–H and O–H groups in total. The van der Waals surface area contributed by atoms with Gasteiger partial charge in [-0.3, -0.25) is 0 Å². The van der Waals surface area contributed by atoms with Gasteiger partial charge in [0.1, 0.15) is 17.6 Å². The van der Waals surface area contributed by atoms with E-state index in [1.54, 1.807) is 18.9 Å². The maximum absolute atomic E-state index is 6.30. The highest BCUT2D eigenvalue weighted by Crippen LogP contribution is 2.41. The minimum absolute atomic E-state index is 0.00416. The Bertz CT molecular complexity index is 627. The van der Waals surface area contributed by atoms with Crippen LogP contribution in [0.3, 0.4) is 0 Å². The molecule has 21 heavy (non-hydrogen) atoms. The van der Waals surface area contributed by atoms with Gasteiger partial charge < -0.3 is 15.2 Å². The highest BCUT2D eigenvalue weighted by Gasteiger charge is 2.27. The molecule has 1 aliphatic rings. The van der Waals surface area contributed by atoms with E-state index in [0.29, 0.717) is 0 Å². The number of hydrogen-bond donors (Lipinski definition) is 1. The van der Waals surface area contributed by atoms with Gasteiger partial charge in [-0.25, -0.2) is 0 Å². The highest BCUT2D eigenvalue weighted by molar-refractivity contribution is 7.98. The second-order valence-electron chi connectivity index (χ2n) is 5.13. The summed E-state index contributed by atoms with van der Waals surface area (Å²) in [5, 5.41) is 0. The molecule has 2 aromatic rings. The molecule has 0 bridgehead atoms. The lowest BCUT2D eigenvalue weighted by atomic mass is 9.93. The van der Waals surface area contributed by atoms with Crippen LogP contribution >= 0.6 is 11.8 Å². The topological polar surface area (TPSA) is 44.5 Å². The van der Waals surface area contributed by atoms with Gasteiger partial charge >= 0.3 is 0 Å². The Morgan fingerprint density at radius 1 is 1.19 bits per heavy atom. The van der Waals surface area contributed by atoms with E-state index >= 15 is 0 Å². The molecule has 3 nitrogen and oxygen atoms in total. The molecule has 0 saturated heterocycles. The molecule has 0 amide bonds. The van der Waals surface area contributed by atoms with Crippen LogP contribution in [0.25, 0.3) is 0 Å². The van der Waals surface area contributed by atoms with Crippen LogP contribution in [-0.4, -0.2) is 13.4 Å². The maximum Gasteiger partial charge on any atom is 0.128 e. The molecule has 1 aliphatic heterocycles. The third-order valence-corrected chi connectivity index (χ3v) is 4.59. The summed E-state index contributed by atoms with van der Waals surface area (Å²) in [6.07, 6.45) is 2.86. The van der Waals surface area contributed by atoms with Gasteiger partial charge in [0.15, 0.2) is 0 Å². The van der Waals surface area contributed by atoms with Crippen molar-refractivity contribution in [3.8, 4) is 11.5 Å². The highest BCUT2D eigenvalue weighted by atomic mass is 32.2. The minimum atomic E-state index is -0.00937. The first-order chi connectivity index (χ1) is 10.2. The number of fused-ring (bicyclic) bond motifs is 1. The summed E-state index contributed by atoms with van der Waals surface area (Å²) < 4.78 is 11.4. The van der Waals surface area contributed by atoms with Crippen LogP contribution in [0, 0.1) is 0 Å². The maximum atomic E-state index is 6.30. The van der Waals surface area contributed by atoms with Gasteiger partial charge in [-0.1, -0.05) is 18.2 Å². The molecule has 2 aromatic carbocycles. The van der Waals surface area contributed by atoms with E-state index in [1.165, 1.54) is 4.90 Å². The summed E-state index contributed by atoms with van der Waals surface area (Å²) in [7, 11) is 1.66. The Morgan fingerprint density at radius 2 is 1.95 bits per heavy atom. The van der Waals surface area contributed by atoms with Crippen molar-refractivity contribution in [1.82, 2.24) is 0 Å². The summed E-state index contributed by atoms with van der Waals surface area (Å²) in [6.45, 7) is 0. The van der Waals surface area contributed by atoms with Crippen LogP contribution in [0.5, 0.6) is 11.5 Å². The Labute approximate surface area is 129 Å². The second-order valence-corrected chi connectivity index (χ2v) is 6.01. The average molecular weight is 301 g/mol. The molecule has 3 rings (SSSR count). The summed E-state index contributed by atoms with van der Waals surface area (Å²) >= 11 is 1.74. The van der Waals surface area contributed by atoms with Crippen molar-refractivity contribution >= 4 is 11.8 Å². The van der Waals surface area contributed by atoms with Crippen LogP contribution in [0.2, 0.25) is 0 Å². The van der Waals surface area contributed by atoms with Crippen molar-refractivity contribution in [3.63, 3.8) is 0 Å². The van der Waals surface area contributed by atoms with E-state index in [4.69, 9.17) is 15.2 Å². The lowest BCUT2D eigenvalue weighted by molar-refractivity contribution is 0.161. The van der Waals surface area contributed by atoms with Gasteiger partial charge in [-0.15, -0.1) is 11.8 Å². The summed E-state index contributed by atoms with van der Waals surface area (Å²) in [4.78, 5) is 1.25. The van der Waals surface area contributed by atoms with E-state index < -0.39 is 0 Å². The number of benzene rings is 2. The fourth-order valence-electron chi connectivity index (χ4n) is 2.63. The molecule has 0 spiro atoms. The van der Waals surface area contributed by atoms with Crippen LogP contribution < -0.4 is 15.2 Å². The zero-order chi connectivity index (χ0) is 14.8. The molecule has 0 aliphatic carbocycles. The Hall–Kier alpha value is -1.65. The standard InChI is InChI=1S/C17H19NO2S/c1-19-12-5-8-14-15(18)10-16(20-17(14)9-12)11-3-6-13(21-2)7-4-11/h3-9,15-16H,10,18H2,1-2H3/t15-,16?/m0/s1. The largest absolute Gasteiger partial charge is 0.497 e. The zero-order valence-electron chi connectivity index (χ0n) is 12.2. The predicted octanol–water partition coefficient (Wildman–Crippen LogP) is 3.94. The predicted molar refractivity (Wildman–Crippen MR) is 86.1 cm³/mol. The number of ether oxygens (including phenoxy) is 2. The van der Waals surface area contributed by atoms with Crippen molar-refractivity contribution in [2.75, 3.05) is 13.4 Å².